The maximum atomic E-state index is 11.4. The summed E-state index contributed by atoms with van der Waals surface area (Å²) in [4.78, 5) is 13.8. The molecule has 3 aromatic rings. The Hall–Kier alpha value is -3.17. The molecular weight excluding hydrogens is 462 g/mol. The van der Waals surface area contributed by atoms with Gasteiger partial charge in [-0.2, -0.15) is 5.10 Å². The number of fused-ring (bicyclic) bond motifs is 1. The summed E-state index contributed by atoms with van der Waals surface area (Å²) in [7, 11) is 3.33. The third-order valence-corrected chi connectivity index (χ3v) is 7.26. The maximum Gasteiger partial charge on any atom is 0.217 e. The van der Waals surface area contributed by atoms with Crippen molar-refractivity contribution in [3.63, 3.8) is 0 Å². The zero-order valence-electron chi connectivity index (χ0n) is 20.1. The Morgan fingerprint density at radius 2 is 1.86 bits per heavy atom. The van der Waals surface area contributed by atoms with Crippen LogP contribution in [0.25, 0.3) is 0 Å². The molecule has 2 aromatic carbocycles. The Morgan fingerprint density at radius 3 is 2.51 bits per heavy atom. The normalized spacial score (nSPS) is 17.7. The van der Waals surface area contributed by atoms with Gasteiger partial charge in [-0.25, -0.2) is 4.68 Å². The summed E-state index contributed by atoms with van der Waals surface area (Å²) in [6.07, 6.45) is 3.84. The van der Waals surface area contributed by atoms with Crippen LogP contribution in [0, 0.1) is 4.77 Å². The van der Waals surface area contributed by atoms with Gasteiger partial charge in [-0.05, 0) is 60.3 Å². The van der Waals surface area contributed by atoms with Gasteiger partial charge in [-0.15, -0.1) is 0 Å². The van der Waals surface area contributed by atoms with Crippen LogP contribution < -0.4 is 15.2 Å². The van der Waals surface area contributed by atoms with Crippen molar-refractivity contribution in [2.45, 2.75) is 50.9 Å². The lowest BCUT2D eigenvalue weighted by Crippen LogP contribution is -2.38. The number of nitrogens with zero attached hydrogens (tertiary/aromatic N) is 4. The molecule has 1 aliphatic carbocycles. The number of hydrogen-bond acceptors (Lipinski definition) is 6. The van der Waals surface area contributed by atoms with E-state index < -0.39 is 0 Å². The van der Waals surface area contributed by atoms with Crippen molar-refractivity contribution < 1.29 is 14.3 Å². The van der Waals surface area contributed by atoms with E-state index in [4.69, 9.17) is 32.5 Å². The number of primary amides is 1. The van der Waals surface area contributed by atoms with Crippen molar-refractivity contribution in [2.24, 2.45) is 5.73 Å². The minimum absolute atomic E-state index is 0.0156. The molecule has 0 saturated heterocycles. The molecule has 1 saturated carbocycles. The molecule has 5 rings (SSSR count). The predicted molar refractivity (Wildman–Crippen MR) is 135 cm³/mol. The lowest BCUT2D eigenvalue weighted by atomic mass is 9.88. The fraction of sp³-hybridized carbons (Fsp3) is 0.423. The van der Waals surface area contributed by atoms with E-state index in [2.05, 4.69) is 45.9 Å². The summed E-state index contributed by atoms with van der Waals surface area (Å²) in [6.45, 7) is 1.40. The molecular formula is C26H31N5O3S. The first-order chi connectivity index (χ1) is 17.0. The van der Waals surface area contributed by atoms with Crippen LogP contribution >= 0.6 is 12.2 Å². The van der Waals surface area contributed by atoms with Crippen LogP contribution in [0.5, 0.6) is 11.5 Å². The molecule has 0 spiro atoms. The second kappa shape index (κ2) is 9.83. The molecule has 1 aromatic heterocycles. The number of aryl methyl sites for hydroxylation is 1. The van der Waals surface area contributed by atoms with Crippen LogP contribution in [0.1, 0.15) is 53.9 Å². The first-order valence-corrected chi connectivity index (χ1v) is 12.4. The van der Waals surface area contributed by atoms with E-state index in [1.807, 2.05) is 10.7 Å². The van der Waals surface area contributed by atoms with Gasteiger partial charge in [-0.1, -0.05) is 30.3 Å². The number of nitrogens with two attached hydrogens (primary N) is 1. The second-order valence-electron chi connectivity index (χ2n) is 9.19. The average molecular weight is 494 g/mol. The number of ether oxygens (including phenoxy) is 2. The van der Waals surface area contributed by atoms with E-state index >= 15 is 0 Å². The highest BCUT2D eigenvalue weighted by Gasteiger charge is 2.33. The molecule has 184 valence electrons. The number of methoxy groups -OCH3 is 2. The molecule has 9 heteroatoms. The molecule has 35 heavy (non-hydrogen) atoms. The van der Waals surface area contributed by atoms with Gasteiger partial charge in [0, 0.05) is 25.4 Å². The van der Waals surface area contributed by atoms with Crippen molar-refractivity contribution in [2.75, 3.05) is 20.8 Å². The van der Waals surface area contributed by atoms with Gasteiger partial charge in [0.05, 0.1) is 26.9 Å². The van der Waals surface area contributed by atoms with Gasteiger partial charge in [0.15, 0.2) is 16.3 Å². The van der Waals surface area contributed by atoms with Crippen LogP contribution in [-0.4, -0.2) is 45.9 Å². The molecule has 1 amide bonds. The van der Waals surface area contributed by atoms with Crippen LogP contribution in [0.15, 0.2) is 42.5 Å². The summed E-state index contributed by atoms with van der Waals surface area (Å²) in [6, 6.07) is 15.1. The molecule has 2 N–H and O–H groups in total. The molecule has 0 bridgehead atoms. The largest absolute Gasteiger partial charge is 0.493 e. The molecule has 8 nitrogen and oxygen atoms in total. The molecule has 2 heterocycles. The quantitative estimate of drug-likeness (QED) is 0.457. The van der Waals surface area contributed by atoms with Crippen molar-refractivity contribution in [1.29, 1.82) is 0 Å². The zero-order chi connectivity index (χ0) is 24.5. The van der Waals surface area contributed by atoms with E-state index in [0.717, 1.165) is 43.1 Å². The molecule has 2 aliphatic rings. The second-order valence-corrected chi connectivity index (χ2v) is 9.55. The highest BCUT2D eigenvalue weighted by Crippen LogP contribution is 2.41. The van der Waals surface area contributed by atoms with Gasteiger partial charge < -0.3 is 19.8 Å². The minimum atomic E-state index is -0.325. The summed E-state index contributed by atoms with van der Waals surface area (Å²) in [5.74, 6) is 1.98. The highest BCUT2D eigenvalue weighted by molar-refractivity contribution is 7.71. The molecule has 1 unspecified atom stereocenters. The monoisotopic (exact) mass is 493 g/mol. The Bertz CT molecular complexity index is 1280. The van der Waals surface area contributed by atoms with Gasteiger partial charge in [-0.3, -0.25) is 9.69 Å². The minimum Gasteiger partial charge on any atom is -0.493 e. The Morgan fingerprint density at radius 1 is 1.14 bits per heavy atom. The lowest BCUT2D eigenvalue weighted by molar-refractivity contribution is -0.118. The summed E-state index contributed by atoms with van der Waals surface area (Å²) >= 11 is 5.87. The SMILES string of the molecule is COc1cc2c(cc1OC)C(c1ccccc1)N(Cn1nc(CCC(N)=O)n(C3CC3)c1=S)CC2. The van der Waals surface area contributed by atoms with Gasteiger partial charge in [0.2, 0.25) is 5.91 Å². The van der Waals surface area contributed by atoms with Crippen molar-refractivity contribution in [1.82, 2.24) is 19.2 Å². The summed E-state index contributed by atoms with van der Waals surface area (Å²) < 4.78 is 15.9. The Balaban J connectivity index is 1.53. The van der Waals surface area contributed by atoms with E-state index in [9.17, 15) is 4.79 Å². The van der Waals surface area contributed by atoms with Gasteiger partial charge in [0.1, 0.15) is 5.82 Å². The Labute approximate surface area is 210 Å². The first kappa shape index (κ1) is 23.6. The van der Waals surface area contributed by atoms with E-state index in [0.29, 0.717) is 23.9 Å². The lowest BCUT2D eigenvalue weighted by Gasteiger charge is -2.37. The van der Waals surface area contributed by atoms with Crippen LogP contribution in [0.3, 0.4) is 0 Å². The summed E-state index contributed by atoms with van der Waals surface area (Å²) in [5.41, 5.74) is 9.06. The predicted octanol–water partition coefficient (Wildman–Crippen LogP) is 3.79. The Kier molecular flexibility index (Phi) is 6.62. The number of hydrogen-bond donors (Lipinski definition) is 1. The number of aromatic nitrogens is 3. The fourth-order valence-corrected chi connectivity index (χ4v) is 5.36. The highest BCUT2D eigenvalue weighted by atomic mass is 32.1. The molecule has 1 atom stereocenters. The summed E-state index contributed by atoms with van der Waals surface area (Å²) in [5, 5.41) is 4.86. The van der Waals surface area contributed by atoms with Gasteiger partial charge in [0.25, 0.3) is 0 Å². The third kappa shape index (κ3) is 4.70. The van der Waals surface area contributed by atoms with Crippen molar-refractivity contribution in [3.05, 3.63) is 69.8 Å². The fourth-order valence-electron chi connectivity index (χ4n) is 5.01. The number of carbonyl (C=O) groups is 1. The standard InChI is InChI=1S/C26H31N5O3S/c1-33-21-14-18-12-13-29(25(17-6-4-3-5-7-17)20(18)15-22(21)34-2)16-30-26(35)31(19-8-9-19)24(28-30)11-10-23(27)32/h3-7,14-15,19,25H,8-13,16H2,1-2H3,(H2,27,32). The van der Waals surface area contributed by atoms with Crippen molar-refractivity contribution in [3.8, 4) is 11.5 Å². The van der Waals surface area contributed by atoms with E-state index in [-0.39, 0.29) is 18.4 Å². The smallest absolute Gasteiger partial charge is 0.217 e. The zero-order valence-corrected chi connectivity index (χ0v) is 21.0. The molecule has 0 radical (unpaired) electrons. The van der Waals surface area contributed by atoms with Gasteiger partial charge >= 0.3 is 0 Å². The van der Waals surface area contributed by atoms with Crippen LogP contribution in [0.2, 0.25) is 0 Å². The maximum absolute atomic E-state index is 11.4. The molecule has 1 fully saturated rings. The van der Waals surface area contributed by atoms with Crippen LogP contribution in [0.4, 0.5) is 0 Å². The number of benzene rings is 2. The molecule has 1 aliphatic heterocycles. The van der Waals surface area contributed by atoms with E-state index in [1.165, 1.54) is 16.7 Å². The number of amides is 1. The van der Waals surface area contributed by atoms with Crippen LogP contribution in [-0.2, 0) is 24.3 Å². The van der Waals surface area contributed by atoms with E-state index in [1.54, 1.807) is 14.2 Å². The number of carbonyl (C=O) groups excluding carboxylic acids is 1. The van der Waals surface area contributed by atoms with Crippen molar-refractivity contribution >= 4 is 18.1 Å². The topological polar surface area (TPSA) is 87.5 Å². The number of rotatable bonds is 9. The average Bonchev–Trinajstić information content (AvgIpc) is 3.66. The third-order valence-electron chi connectivity index (χ3n) is 6.85. The first-order valence-electron chi connectivity index (χ1n) is 12.0.